The Hall–Kier alpha value is -0.216. The first kappa shape index (κ1) is 23.8. The lowest BCUT2D eigenvalue weighted by atomic mass is 10.1. The van der Waals surface area contributed by atoms with Gasteiger partial charge in [-0.3, -0.25) is 4.79 Å². The number of carbonyl (C=O) groups is 1. The number of hydrogen-bond acceptors (Lipinski definition) is 4. The molecule has 0 fully saturated rings. The fourth-order valence-electron chi connectivity index (χ4n) is 1.60. The van der Waals surface area contributed by atoms with Crippen molar-refractivity contribution in [1.29, 1.82) is 0 Å². The summed E-state index contributed by atoms with van der Waals surface area (Å²) in [6.45, 7) is 21.1. The quantitative estimate of drug-likeness (QED) is 0.618. The van der Waals surface area contributed by atoms with Crippen LogP contribution in [0, 0.1) is 0 Å². The molecular formula is C17H38O5Si2. The summed E-state index contributed by atoms with van der Waals surface area (Å²) in [4.78, 5) is 11.2. The summed E-state index contributed by atoms with van der Waals surface area (Å²) >= 11 is 0. The Morgan fingerprint density at radius 1 is 0.958 bits per heavy atom. The topological polar surface area (TPSA) is 76.0 Å². The van der Waals surface area contributed by atoms with Crippen molar-refractivity contribution >= 4 is 22.6 Å². The van der Waals surface area contributed by atoms with E-state index < -0.39 is 34.8 Å². The molecule has 2 N–H and O–H groups in total. The van der Waals surface area contributed by atoms with E-state index in [1.54, 1.807) is 0 Å². The molecule has 144 valence electrons. The van der Waals surface area contributed by atoms with Gasteiger partial charge in [0.25, 0.3) is 0 Å². The molecule has 0 aromatic carbocycles. The van der Waals surface area contributed by atoms with Gasteiger partial charge in [-0.05, 0) is 36.3 Å². The van der Waals surface area contributed by atoms with E-state index >= 15 is 0 Å². The summed E-state index contributed by atoms with van der Waals surface area (Å²) in [5.41, 5.74) is 0. The maximum Gasteiger partial charge on any atom is 0.306 e. The fraction of sp³-hybridized carbons (Fsp3) is 0.941. The minimum Gasteiger partial charge on any atom is -0.481 e. The third kappa shape index (κ3) is 6.95. The average molecular weight is 379 g/mol. The molecule has 0 heterocycles. The molecule has 0 aliphatic heterocycles. The van der Waals surface area contributed by atoms with Crippen LogP contribution in [0.4, 0.5) is 0 Å². The molecule has 0 unspecified atom stereocenters. The smallest absolute Gasteiger partial charge is 0.306 e. The molecule has 0 aromatic heterocycles. The van der Waals surface area contributed by atoms with Crippen LogP contribution in [0.3, 0.4) is 0 Å². The van der Waals surface area contributed by atoms with Gasteiger partial charge in [0, 0.05) is 0 Å². The standard InChI is InChI=1S/C17H38O5Si2/c1-16(2,3)23(7,8)21-12-13(18)14(11-15(19)20)22-24(9,10)17(4,5)6/h13-14,18H,11-12H2,1-10H3,(H,19,20)/t13-,14+/m1/s1. The van der Waals surface area contributed by atoms with Gasteiger partial charge >= 0.3 is 5.97 Å². The van der Waals surface area contributed by atoms with Gasteiger partial charge in [-0.2, -0.15) is 0 Å². The Bertz CT molecular complexity index is 422. The molecule has 0 aromatic rings. The van der Waals surface area contributed by atoms with E-state index in [4.69, 9.17) is 8.85 Å². The van der Waals surface area contributed by atoms with Gasteiger partial charge in [-0.25, -0.2) is 0 Å². The first-order chi connectivity index (χ1) is 10.4. The molecule has 24 heavy (non-hydrogen) atoms. The predicted molar refractivity (Wildman–Crippen MR) is 103 cm³/mol. The third-order valence-electron chi connectivity index (χ3n) is 5.48. The Balaban J connectivity index is 5.10. The molecule has 0 saturated carbocycles. The van der Waals surface area contributed by atoms with Crippen molar-refractivity contribution in [3.8, 4) is 0 Å². The monoisotopic (exact) mass is 378 g/mol. The van der Waals surface area contributed by atoms with Gasteiger partial charge in [-0.1, -0.05) is 41.5 Å². The van der Waals surface area contributed by atoms with Crippen molar-refractivity contribution in [2.75, 3.05) is 6.61 Å². The lowest BCUT2D eigenvalue weighted by Crippen LogP contribution is -2.50. The maximum atomic E-state index is 11.2. The lowest BCUT2D eigenvalue weighted by Gasteiger charge is -2.41. The van der Waals surface area contributed by atoms with Crippen molar-refractivity contribution in [3.05, 3.63) is 0 Å². The number of carboxylic acid groups (broad SMARTS) is 1. The van der Waals surface area contributed by atoms with Gasteiger partial charge in [0.1, 0.15) is 6.10 Å². The number of carboxylic acids is 1. The molecular weight excluding hydrogens is 340 g/mol. The van der Waals surface area contributed by atoms with Crippen LogP contribution in [0.5, 0.6) is 0 Å². The molecule has 0 spiro atoms. The van der Waals surface area contributed by atoms with Crippen molar-refractivity contribution in [2.45, 2.75) is 96.4 Å². The second kappa shape index (κ2) is 7.99. The number of hydrogen-bond donors (Lipinski definition) is 2. The first-order valence-corrected chi connectivity index (χ1v) is 14.4. The van der Waals surface area contributed by atoms with Gasteiger partial charge < -0.3 is 19.1 Å². The van der Waals surface area contributed by atoms with E-state index in [-0.39, 0.29) is 23.1 Å². The van der Waals surface area contributed by atoms with E-state index in [0.29, 0.717) is 0 Å². The molecule has 7 heteroatoms. The van der Waals surface area contributed by atoms with Crippen LogP contribution in [0.2, 0.25) is 36.3 Å². The molecule has 0 amide bonds. The Kier molecular flexibility index (Phi) is 7.92. The van der Waals surface area contributed by atoms with Gasteiger partial charge in [0.2, 0.25) is 0 Å². The van der Waals surface area contributed by atoms with Gasteiger partial charge in [0.05, 0.1) is 19.1 Å². The fourth-order valence-corrected chi connectivity index (χ4v) is 3.97. The van der Waals surface area contributed by atoms with Crippen LogP contribution in [0.15, 0.2) is 0 Å². The highest BCUT2D eigenvalue weighted by Gasteiger charge is 2.42. The van der Waals surface area contributed by atoms with E-state index in [0.717, 1.165) is 0 Å². The summed E-state index contributed by atoms with van der Waals surface area (Å²) < 4.78 is 12.2. The van der Waals surface area contributed by atoms with E-state index in [2.05, 4.69) is 67.7 Å². The van der Waals surface area contributed by atoms with Crippen molar-refractivity contribution in [1.82, 2.24) is 0 Å². The molecule has 0 radical (unpaired) electrons. The summed E-state index contributed by atoms with van der Waals surface area (Å²) in [5, 5.41) is 19.7. The highest BCUT2D eigenvalue weighted by molar-refractivity contribution is 6.74. The number of aliphatic hydroxyl groups is 1. The van der Waals surface area contributed by atoms with E-state index in [9.17, 15) is 15.0 Å². The van der Waals surface area contributed by atoms with Gasteiger partial charge in [-0.15, -0.1) is 0 Å². The molecule has 0 bridgehead atoms. The SMILES string of the molecule is CC(C)(C)[Si](C)(C)OC[C@@H](O)[C@H](CC(=O)O)O[Si](C)(C)C(C)(C)C. The Labute approximate surface area is 150 Å². The molecule has 2 atom stereocenters. The normalized spacial score (nSPS) is 16.8. The second-order valence-corrected chi connectivity index (χ2v) is 19.2. The lowest BCUT2D eigenvalue weighted by molar-refractivity contribution is -0.141. The summed E-state index contributed by atoms with van der Waals surface area (Å²) in [5.74, 6) is -0.968. The molecule has 0 aliphatic rings. The summed E-state index contributed by atoms with van der Waals surface area (Å²) in [6.07, 6.45) is -1.90. The zero-order valence-corrected chi connectivity index (χ0v) is 19.2. The maximum absolute atomic E-state index is 11.2. The number of aliphatic carboxylic acids is 1. The Morgan fingerprint density at radius 2 is 1.38 bits per heavy atom. The zero-order valence-electron chi connectivity index (χ0n) is 17.2. The van der Waals surface area contributed by atoms with Crippen LogP contribution in [0.1, 0.15) is 48.0 Å². The van der Waals surface area contributed by atoms with E-state index in [1.807, 2.05) is 0 Å². The zero-order chi connectivity index (χ0) is 19.6. The van der Waals surface area contributed by atoms with Crippen LogP contribution in [0.25, 0.3) is 0 Å². The highest BCUT2D eigenvalue weighted by Crippen LogP contribution is 2.39. The minimum absolute atomic E-state index is 0.0370. The molecule has 5 nitrogen and oxygen atoms in total. The first-order valence-electron chi connectivity index (χ1n) is 8.62. The second-order valence-electron chi connectivity index (χ2n) is 9.65. The molecule has 0 aliphatic carbocycles. The minimum atomic E-state index is -2.18. The Morgan fingerprint density at radius 3 is 1.71 bits per heavy atom. The van der Waals surface area contributed by atoms with Crippen molar-refractivity contribution in [2.24, 2.45) is 0 Å². The molecule has 0 saturated heterocycles. The van der Waals surface area contributed by atoms with Crippen molar-refractivity contribution in [3.63, 3.8) is 0 Å². The van der Waals surface area contributed by atoms with Crippen LogP contribution in [-0.4, -0.2) is 51.6 Å². The van der Waals surface area contributed by atoms with Crippen LogP contribution >= 0.6 is 0 Å². The largest absolute Gasteiger partial charge is 0.481 e. The van der Waals surface area contributed by atoms with E-state index in [1.165, 1.54) is 0 Å². The van der Waals surface area contributed by atoms with Crippen LogP contribution in [-0.2, 0) is 13.6 Å². The average Bonchev–Trinajstić information content (AvgIpc) is 2.31. The highest BCUT2D eigenvalue weighted by atomic mass is 28.4. The predicted octanol–water partition coefficient (Wildman–Crippen LogP) is 4.23. The summed E-state index contributed by atoms with van der Waals surface area (Å²) in [7, 11) is -4.18. The van der Waals surface area contributed by atoms with Crippen molar-refractivity contribution < 1.29 is 23.9 Å². The van der Waals surface area contributed by atoms with Gasteiger partial charge in [0.15, 0.2) is 16.6 Å². The van der Waals surface area contributed by atoms with Crippen LogP contribution < -0.4 is 0 Å². The molecule has 0 rings (SSSR count). The third-order valence-corrected chi connectivity index (χ3v) is 14.5. The summed E-state index contributed by atoms with van der Waals surface area (Å²) in [6, 6.07) is 0. The number of rotatable bonds is 8. The number of aliphatic hydroxyl groups excluding tert-OH is 1.